The van der Waals surface area contributed by atoms with Crippen molar-refractivity contribution in [1.82, 2.24) is 0 Å². The van der Waals surface area contributed by atoms with Crippen molar-refractivity contribution in [2.75, 3.05) is 0 Å². The summed E-state index contributed by atoms with van der Waals surface area (Å²) in [5.41, 5.74) is 5.24. The standard InChI is InChI=1S/C20H15N3O/c1-19(15-10-6-3-7-11-15)16(12-21)17(14-8-4-2-5-9-14)20(19,13-22)18(23)24/h2-11H,1H3,(H2,23,24). The van der Waals surface area contributed by atoms with E-state index in [2.05, 4.69) is 12.1 Å². The van der Waals surface area contributed by atoms with Crippen LogP contribution in [0.2, 0.25) is 0 Å². The van der Waals surface area contributed by atoms with Gasteiger partial charge in [0.15, 0.2) is 5.41 Å². The molecule has 4 heteroatoms. The van der Waals surface area contributed by atoms with Gasteiger partial charge in [-0.05, 0) is 18.1 Å². The molecule has 2 aromatic carbocycles. The minimum Gasteiger partial charge on any atom is -0.368 e. The molecule has 0 fully saturated rings. The highest BCUT2D eigenvalue weighted by atomic mass is 16.1. The van der Waals surface area contributed by atoms with Crippen molar-refractivity contribution < 1.29 is 4.79 Å². The van der Waals surface area contributed by atoms with Gasteiger partial charge in [0, 0.05) is 11.1 Å². The van der Waals surface area contributed by atoms with Crippen molar-refractivity contribution in [3.63, 3.8) is 0 Å². The Kier molecular flexibility index (Phi) is 3.47. The molecule has 116 valence electrons. The number of carbonyl (C=O) groups excluding carboxylic acids is 1. The zero-order valence-electron chi connectivity index (χ0n) is 13.2. The van der Waals surface area contributed by atoms with Crippen LogP contribution in [0.15, 0.2) is 66.2 Å². The molecule has 2 N–H and O–H groups in total. The molecule has 4 nitrogen and oxygen atoms in total. The van der Waals surface area contributed by atoms with Gasteiger partial charge in [-0.25, -0.2) is 0 Å². The normalized spacial score (nSPS) is 25.3. The number of carbonyl (C=O) groups is 1. The van der Waals surface area contributed by atoms with Crippen LogP contribution in [0, 0.1) is 28.1 Å². The van der Waals surface area contributed by atoms with Gasteiger partial charge in [-0.3, -0.25) is 4.79 Å². The van der Waals surface area contributed by atoms with Gasteiger partial charge in [-0.15, -0.1) is 0 Å². The highest BCUT2D eigenvalue weighted by Gasteiger charge is 2.68. The fourth-order valence-electron chi connectivity index (χ4n) is 3.67. The number of nitriles is 2. The molecule has 2 unspecified atom stereocenters. The minimum atomic E-state index is -1.58. The topological polar surface area (TPSA) is 90.7 Å². The summed E-state index contributed by atoms with van der Waals surface area (Å²) in [5.74, 6) is -0.741. The third kappa shape index (κ3) is 1.68. The summed E-state index contributed by atoms with van der Waals surface area (Å²) in [6.07, 6.45) is 0. The molecule has 0 bridgehead atoms. The Morgan fingerprint density at radius 2 is 1.54 bits per heavy atom. The second kappa shape index (κ2) is 5.37. The molecule has 1 amide bonds. The van der Waals surface area contributed by atoms with Gasteiger partial charge in [0.25, 0.3) is 0 Å². The predicted molar refractivity (Wildman–Crippen MR) is 90.0 cm³/mol. The summed E-state index contributed by atoms with van der Waals surface area (Å²) in [4.78, 5) is 12.4. The maximum absolute atomic E-state index is 12.4. The Balaban J connectivity index is 2.39. The van der Waals surface area contributed by atoms with Crippen LogP contribution in [0.3, 0.4) is 0 Å². The van der Waals surface area contributed by atoms with Crippen LogP contribution < -0.4 is 5.73 Å². The Morgan fingerprint density at radius 3 is 2.00 bits per heavy atom. The fraction of sp³-hybridized carbons (Fsp3) is 0.150. The number of benzene rings is 2. The number of nitrogens with zero attached hydrogens (tertiary/aromatic N) is 2. The van der Waals surface area contributed by atoms with Crippen LogP contribution in [-0.2, 0) is 10.2 Å². The Hall–Kier alpha value is -3.37. The fourth-order valence-corrected chi connectivity index (χ4v) is 3.67. The highest BCUT2D eigenvalue weighted by molar-refractivity contribution is 6.08. The molecule has 24 heavy (non-hydrogen) atoms. The first-order valence-corrected chi connectivity index (χ1v) is 7.51. The number of amides is 1. The number of hydrogen-bond donors (Lipinski definition) is 1. The number of allylic oxidation sites excluding steroid dienone is 1. The SMILES string of the molecule is CC1(c2ccccc2)C(C#N)=C(c2ccccc2)C1(C#N)C(N)=O. The molecule has 2 atom stereocenters. The molecule has 2 aromatic rings. The predicted octanol–water partition coefficient (Wildman–Crippen LogP) is 2.93. The van der Waals surface area contributed by atoms with E-state index in [0.29, 0.717) is 16.7 Å². The molecule has 0 heterocycles. The van der Waals surface area contributed by atoms with Crippen molar-refractivity contribution in [1.29, 1.82) is 10.5 Å². The van der Waals surface area contributed by atoms with Gasteiger partial charge in [0.2, 0.25) is 5.91 Å². The van der Waals surface area contributed by atoms with Gasteiger partial charge >= 0.3 is 0 Å². The van der Waals surface area contributed by atoms with Crippen LogP contribution in [0.25, 0.3) is 5.57 Å². The van der Waals surface area contributed by atoms with E-state index in [1.807, 2.05) is 36.4 Å². The average Bonchev–Trinajstić information content (AvgIpc) is 2.61. The van der Waals surface area contributed by atoms with Crippen LogP contribution in [-0.4, -0.2) is 5.91 Å². The zero-order valence-corrected chi connectivity index (χ0v) is 13.2. The highest BCUT2D eigenvalue weighted by Crippen LogP contribution is 2.64. The summed E-state index contributed by atoms with van der Waals surface area (Å²) in [6.45, 7) is 1.74. The first-order valence-electron chi connectivity index (χ1n) is 7.51. The van der Waals surface area contributed by atoms with Crippen molar-refractivity contribution in [3.8, 4) is 12.1 Å². The Bertz CT molecular complexity index is 919. The van der Waals surface area contributed by atoms with E-state index < -0.39 is 16.7 Å². The second-order valence-electron chi connectivity index (χ2n) is 5.94. The van der Waals surface area contributed by atoms with Crippen LogP contribution in [0.4, 0.5) is 0 Å². The quantitative estimate of drug-likeness (QED) is 0.944. The number of hydrogen-bond acceptors (Lipinski definition) is 3. The van der Waals surface area contributed by atoms with Crippen molar-refractivity contribution in [2.45, 2.75) is 12.3 Å². The van der Waals surface area contributed by atoms with Gasteiger partial charge in [0.1, 0.15) is 0 Å². The molecule has 0 aliphatic heterocycles. The van der Waals surface area contributed by atoms with E-state index in [1.54, 1.807) is 31.2 Å². The maximum Gasteiger partial charge on any atom is 0.243 e. The first-order chi connectivity index (χ1) is 11.5. The summed E-state index contributed by atoms with van der Waals surface area (Å²) >= 11 is 0. The number of rotatable bonds is 3. The lowest BCUT2D eigenvalue weighted by atomic mass is 9.44. The third-order valence-electron chi connectivity index (χ3n) is 4.94. The lowest BCUT2D eigenvalue weighted by Gasteiger charge is -2.52. The van der Waals surface area contributed by atoms with Gasteiger partial charge in [0.05, 0.1) is 17.6 Å². The Labute approximate surface area is 140 Å². The molecular formula is C20H15N3O. The van der Waals surface area contributed by atoms with Gasteiger partial charge in [-0.2, -0.15) is 10.5 Å². The summed E-state index contributed by atoms with van der Waals surface area (Å²) in [7, 11) is 0. The van der Waals surface area contributed by atoms with E-state index in [-0.39, 0.29) is 0 Å². The third-order valence-corrected chi connectivity index (χ3v) is 4.94. The zero-order chi connectivity index (χ0) is 17.4. The van der Waals surface area contributed by atoms with Crippen LogP contribution in [0.5, 0.6) is 0 Å². The summed E-state index contributed by atoms with van der Waals surface area (Å²) < 4.78 is 0. The van der Waals surface area contributed by atoms with E-state index in [4.69, 9.17) is 5.73 Å². The second-order valence-corrected chi connectivity index (χ2v) is 5.94. The summed E-state index contributed by atoms with van der Waals surface area (Å²) in [6, 6.07) is 22.5. The summed E-state index contributed by atoms with van der Waals surface area (Å²) in [5, 5.41) is 19.7. The van der Waals surface area contributed by atoms with E-state index in [1.165, 1.54) is 0 Å². The molecule has 1 aliphatic rings. The molecule has 3 rings (SSSR count). The van der Waals surface area contributed by atoms with Crippen LogP contribution in [0.1, 0.15) is 18.1 Å². The molecule has 1 aliphatic carbocycles. The largest absolute Gasteiger partial charge is 0.368 e. The average molecular weight is 313 g/mol. The van der Waals surface area contributed by atoms with Gasteiger partial charge in [-0.1, -0.05) is 60.7 Å². The molecule has 0 saturated heterocycles. The van der Waals surface area contributed by atoms with Gasteiger partial charge < -0.3 is 5.73 Å². The molecule has 0 spiro atoms. The Morgan fingerprint density at radius 1 is 1.00 bits per heavy atom. The monoisotopic (exact) mass is 313 g/mol. The van der Waals surface area contributed by atoms with E-state index in [9.17, 15) is 15.3 Å². The van der Waals surface area contributed by atoms with Crippen LogP contribution >= 0.6 is 0 Å². The number of primary amides is 1. The molecule has 0 radical (unpaired) electrons. The smallest absolute Gasteiger partial charge is 0.243 e. The first kappa shape index (κ1) is 15.5. The molecule has 0 saturated carbocycles. The number of nitrogens with two attached hydrogens (primary N) is 1. The van der Waals surface area contributed by atoms with Crippen molar-refractivity contribution in [3.05, 3.63) is 77.4 Å². The van der Waals surface area contributed by atoms with Crippen molar-refractivity contribution in [2.24, 2.45) is 11.1 Å². The maximum atomic E-state index is 12.4. The molecule has 0 aromatic heterocycles. The lowest BCUT2D eigenvalue weighted by Crippen LogP contribution is -2.60. The lowest BCUT2D eigenvalue weighted by molar-refractivity contribution is -0.125. The van der Waals surface area contributed by atoms with E-state index in [0.717, 1.165) is 5.56 Å². The van der Waals surface area contributed by atoms with Crippen molar-refractivity contribution >= 4 is 11.5 Å². The molecular weight excluding hydrogens is 298 g/mol. The van der Waals surface area contributed by atoms with E-state index >= 15 is 0 Å². The minimum absolute atomic E-state index is 0.403.